The summed E-state index contributed by atoms with van der Waals surface area (Å²) in [7, 11) is 0. The molecule has 0 aliphatic carbocycles. The molecule has 0 saturated heterocycles. The Kier molecular flexibility index (Phi) is 4.26. The van der Waals surface area contributed by atoms with Gasteiger partial charge in [0.2, 0.25) is 0 Å². The fourth-order valence-electron chi connectivity index (χ4n) is 1.69. The molecule has 0 heterocycles. The Bertz CT molecular complexity index is 586. The first-order chi connectivity index (χ1) is 9.15. The van der Waals surface area contributed by atoms with Crippen LogP contribution in [0.3, 0.4) is 0 Å². The maximum absolute atomic E-state index is 10.8. The summed E-state index contributed by atoms with van der Waals surface area (Å²) >= 11 is 6.08. The minimum atomic E-state index is -0.580. The van der Waals surface area contributed by atoms with E-state index < -0.39 is 6.03 Å². The Labute approximate surface area is 116 Å². The lowest BCUT2D eigenvalue weighted by Gasteiger charge is -2.09. The predicted octanol–water partition coefficient (Wildman–Crippen LogP) is 3.44. The van der Waals surface area contributed by atoms with Gasteiger partial charge in [-0.25, -0.2) is 4.79 Å². The van der Waals surface area contributed by atoms with Crippen LogP contribution in [0.25, 0.3) is 0 Å². The maximum Gasteiger partial charge on any atom is 0.316 e. The van der Waals surface area contributed by atoms with Crippen molar-refractivity contribution >= 4 is 29.0 Å². The first-order valence-electron chi connectivity index (χ1n) is 5.79. The summed E-state index contributed by atoms with van der Waals surface area (Å²) in [6.45, 7) is 0.611. The Hall–Kier alpha value is -2.20. The van der Waals surface area contributed by atoms with Crippen LogP contribution in [0.1, 0.15) is 5.56 Å². The van der Waals surface area contributed by atoms with E-state index in [2.05, 4.69) is 10.6 Å². The lowest BCUT2D eigenvalue weighted by Crippen LogP contribution is -2.19. The highest BCUT2D eigenvalue weighted by atomic mass is 35.5. The molecule has 0 atom stereocenters. The number of amides is 2. The number of nitrogens with one attached hydrogen (secondary N) is 2. The number of nitrogens with two attached hydrogens (primary N) is 1. The molecule has 4 N–H and O–H groups in total. The van der Waals surface area contributed by atoms with Crippen molar-refractivity contribution in [2.45, 2.75) is 6.54 Å². The summed E-state index contributed by atoms with van der Waals surface area (Å²) < 4.78 is 0. The summed E-state index contributed by atoms with van der Waals surface area (Å²) in [5, 5.41) is 6.49. The molecule has 0 saturated carbocycles. The third-order valence-corrected chi connectivity index (χ3v) is 2.94. The monoisotopic (exact) mass is 275 g/mol. The number of rotatable bonds is 4. The molecule has 19 heavy (non-hydrogen) atoms. The second-order valence-corrected chi connectivity index (χ2v) is 4.42. The molecule has 0 aliphatic rings. The summed E-state index contributed by atoms with van der Waals surface area (Å²) in [6, 6.07) is 14.4. The zero-order valence-electron chi connectivity index (χ0n) is 10.2. The van der Waals surface area contributed by atoms with Crippen LogP contribution in [0.4, 0.5) is 16.2 Å². The third kappa shape index (κ3) is 3.89. The standard InChI is InChI=1S/C14H14ClN3O/c15-13-7-2-1-4-10(13)9-17-11-5-3-6-12(8-11)18-14(16)19/h1-8,17H,9H2,(H3,16,18,19). The molecule has 0 fully saturated rings. The van der Waals surface area contributed by atoms with Gasteiger partial charge in [-0.05, 0) is 29.8 Å². The van der Waals surface area contributed by atoms with Crippen molar-refractivity contribution in [1.29, 1.82) is 0 Å². The molecule has 0 unspecified atom stereocenters. The minimum Gasteiger partial charge on any atom is -0.381 e. The van der Waals surface area contributed by atoms with Crippen molar-refractivity contribution in [2.75, 3.05) is 10.6 Å². The second kappa shape index (κ2) is 6.11. The average Bonchev–Trinajstić information content (AvgIpc) is 2.37. The number of hydrogen-bond acceptors (Lipinski definition) is 2. The highest BCUT2D eigenvalue weighted by molar-refractivity contribution is 6.31. The lowest BCUT2D eigenvalue weighted by molar-refractivity contribution is 0.259. The molecule has 98 valence electrons. The van der Waals surface area contributed by atoms with Gasteiger partial charge in [0, 0.05) is 22.9 Å². The second-order valence-electron chi connectivity index (χ2n) is 4.02. The van der Waals surface area contributed by atoms with Gasteiger partial charge < -0.3 is 16.4 Å². The number of carbonyl (C=O) groups excluding carboxylic acids is 1. The van der Waals surface area contributed by atoms with Crippen molar-refractivity contribution < 1.29 is 4.79 Å². The molecule has 0 radical (unpaired) electrons. The van der Waals surface area contributed by atoms with E-state index in [0.29, 0.717) is 12.2 Å². The van der Waals surface area contributed by atoms with Crippen LogP contribution >= 0.6 is 11.6 Å². The largest absolute Gasteiger partial charge is 0.381 e. The predicted molar refractivity (Wildman–Crippen MR) is 78.4 cm³/mol. The third-order valence-electron chi connectivity index (χ3n) is 2.57. The van der Waals surface area contributed by atoms with Crippen LogP contribution in [0.15, 0.2) is 48.5 Å². The smallest absolute Gasteiger partial charge is 0.316 e. The first-order valence-corrected chi connectivity index (χ1v) is 6.17. The van der Waals surface area contributed by atoms with E-state index >= 15 is 0 Å². The van der Waals surface area contributed by atoms with E-state index in [-0.39, 0.29) is 0 Å². The van der Waals surface area contributed by atoms with E-state index in [1.54, 1.807) is 6.07 Å². The Morgan fingerprint density at radius 2 is 1.84 bits per heavy atom. The summed E-state index contributed by atoms with van der Waals surface area (Å²) in [4.78, 5) is 10.8. The van der Waals surface area contributed by atoms with Crippen LogP contribution in [0, 0.1) is 0 Å². The number of anilines is 2. The van der Waals surface area contributed by atoms with Gasteiger partial charge in [0.25, 0.3) is 0 Å². The summed E-state index contributed by atoms with van der Waals surface area (Å²) in [5.41, 5.74) is 7.61. The molecule has 2 amide bonds. The van der Waals surface area contributed by atoms with Crippen molar-refractivity contribution in [3.8, 4) is 0 Å². The van der Waals surface area contributed by atoms with Crippen LogP contribution in [-0.2, 0) is 6.54 Å². The summed E-state index contributed by atoms with van der Waals surface area (Å²) in [5.74, 6) is 0. The molecule has 0 aliphatic heterocycles. The van der Waals surface area contributed by atoms with Gasteiger partial charge in [0.05, 0.1) is 0 Å². The average molecular weight is 276 g/mol. The van der Waals surface area contributed by atoms with Gasteiger partial charge in [0.15, 0.2) is 0 Å². The van der Waals surface area contributed by atoms with Crippen LogP contribution in [0.2, 0.25) is 5.02 Å². The molecular weight excluding hydrogens is 262 g/mol. The molecular formula is C14H14ClN3O. The van der Waals surface area contributed by atoms with Crippen LogP contribution < -0.4 is 16.4 Å². The number of urea groups is 1. The van der Waals surface area contributed by atoms with Crippen molar-refractivity contribution in [3.05, 3.63) is 59.1 Å². The Morgan fingerprint density at radius 1 is 1.11 bits per heavy atom. The molecule has 0 aromatic heterocycles. The van der Waals surface area contributed by atoms with Gasteiger partial charge in [0.1, 0.15) is 0 Å². The van der Waals surface area contributed by atoms with Crippen molar-refractivity contribution in [1.82, 2.24) is 0 Å². The van der Waals surface area contributed by atoms with Crippen LogP contribution in [-0.4, -0.2) is 6.03 Å². The lowest BCUT2D eigenvalue weighted by atomic mass is 10.2. The zero-order chi connectivity index (χ0) is 13.7. The normalized spacial score (nSPS) is 9.95. The minimum absolute atomic E-state index is 0.580. The quantitative estimate of drug-likeness (QED) is 0.800. The molecule has 4 nitrogen and oxygen atoms in total. The molecule has 5 heteroatoms. The molecule has 0 spiro atoms. The van der Waals surface area contributed by atoms with Gasteiger partial charge in [-0.15, -0.1) is 0 Å². The van der Waals surface area contributed by atoms with Crippen molar-refractivity contribution in [3.63, 3.8) is 0 Å². The first kappa shape index (κ1) is 13.2. The van der Waals surface area contributed by atoms with E-state index in [1.807, 2.05) is 42.5 Å². The number of primary amides is 1. The molecule has 2 rings (SSSR count). The van der Waals surface area contributed by atoms with Gasteiger partial charge in [-0.3, -0.25) is 0 Å². The number of halogens is 1. The highest BCUT2D eigenvalue weighted by Gasteiger charge is 2.00. The Balaban J connectivity index is 2.03. The number of benzene rings is 2. The topological polar surface area (TPSA) is 67.2 Å². The Morgan fingerprint density at radius 3 is 2.58 bits per heavy atom. The van der Waals surface area contributed by atoms with E-state index in [4.69, 9.17) is 17.3 Å². The molecule has 2 aromatic carbocycles. The number of carbonyl (C=O) groups is 1. The van der Waals surface area contributed by atoms with Crippen LogP contribution in [0.5, 0.6) is 0 Å². The summed E-state index contributed by atoms with van der Waals surface area (Å²) in [6.07, 6.45) is 0. The van der Waals surface area contributed by atoms with E-state index in [1.165, 1.54) is 0 Å². The van der Waals surface area contributed by atoms with E-state index in [0.717, 1.165) is 16.3 Å². The SMILES string of the molecule is NC(=O)Nc1cccc(NCc2ccccc2Cl)c1. The van der Waals surface area contributed by atoms with Gasteiger partial charge in [-0.1, -0.05) is 35.9 Å². The maximum atomic E-state index is 10.8. The van der Waals surface area contributed by atoms with E-state index in [9.17, 15) is 4.79 Å². The van der Waals surface area contributed by atoms with Gasteiger partial charge >= 0.3 is 6.03 Å². The fourth-order valence-corrected chi connectivity index (χ4v) is 1.89. The number of hydrogen-bond donors (Lipinski definition) is 3. The molecule has 2 aromatic rings. The van der Waals surface area contributed by atoms with Gasteiger partial charge in [-0.2, -0.15) is 0 Å². The molecule has 0 bridgehead atoms. The zero-order valence-corrected chi connectivity index (χ0v) is 10.9. The fraction of sp³-hybridized carbons (Fsp3) is 0.0714. The van der Waals surface area contributed by atoms with Crippen molar-refractivity contribution in [2.24, 2.45) is 5.73 Å². The highest BCUT2D eigenvalue weighted by Crippen LogP contribution is 2.19.